The highest BCUT2D eigenvalue weighted by Crippen LogP contribution is 1.99. The first-order valence-corrected chi connectivity index (χ1v) is 3.77. The number of rotatable bonds is 4. The number of nitrogens with one attached hydrogen (secondary N) is 1. The zero-order valence-electron chi connectivity index (χ0n) is 6.75. The van der Waals surface area contributed by atoms with Crippen molar-refractivity contribution < 1.29 is 5.11 Å². The van der Waals surface area contributed by atoms with Gasteiger partial charge in [-0.2, -0.15) is 0 Å². The first kappa shape index (κ1) is 8.30. The van der Waals surface area contributed by atoms with Crippen molar-refractivity contribution in [3.8, 4) is 0 Å². The summed E-state index contributed by atoms with van der Waals surface area (Å²) in [4.78, 5) is 0. The fourth-order valence-electron chi connectivity index (χ4n) is 1.05. The summed E-state index contributed by atoms with van der Waals surface area (Å²) in [6.45, 7) is 1.77. The maximum atomic E-state index is 8.62. The number of nitrogens with zero attached hydrogens (tertiary/aromatic N) is 1. The monoisotopic (exact) mass is 154 g/mol. The molecule has 0 aromatic carbocycles. The number of hydrogen-bond acceptors (Lipinski definition) is 2. The van der Waals surface area contributed by atoms with Gasteiger partial charge in [0.05, 0.1) is 6.61 Å². The van der Waals surface area contributed by atoms with Gasteiger partial charge in [0.1, 0.15) is 0 Å². The van der Waals surface area contributed by atoms with E-state index in [-0.39, 0.29) is 6.61 Å². The molecule has 0 amide bonds. The van der Waals surface area contributed by atoms with Crippen LogP contribution in [-0.2, 0) is 13.1 Å². The molecule has 1 aromatic rings. The molecule has 0 fully saturated rings. The average Bonchev–Trinajstić information content (AvgIpc) is 2.38. The van der Waals surface area contributed by atoms with Crippen LogP contribution in [0.25, 0.3) is 0 Å². The third-order valence-electron chi connectivity index (χ3n) is 1.55. The van der Waals surface area contributed by atoms with Crippen LogP contribution in [0.1, 0.15) is 5.56 Å². The van der Waals surface area contributed by atoms with Crippen molar-refractivity contribution in [3.05, 3.63) is 24.0 Å². The van der Waals surface area contributed by atoms with Crippen LogP contribution in [0.5, 0.6) is 0 Å². The zero-order chi connectivity index (χ0) is 8.10. The van der Waals surface area contributed by atoms with Gasteiger partial charge in [-0.3, -0.25) is 0 Å². The molecular formula is C8H14N2O. The highest BCUT2D eigenvalue weighted by molar-refractivity contribution is 5.09. The fraction of sp³-hybridized carbons (Fsp3) is 0.500. The van der Waals surface area contributed by atoms with Crippen molar-refractivity contribution in [2.24, 2.45) is 0 Å². The predicted molar refractivity (Wildman–Crippen MR) is 44.3 cm³/mol. The summed E-state index contributed by atoms with van der Waals surface area (Å²) < 4.78 is 1.98. The molecule has 0 spiro atoms. The Bertz CT molecular complexity index is 187. The Labute approximate surface area is 66.7 Å². The minimum absolute atomic E-state index is 0.202. The number of aliphatic hydroxyl groups excluding tert-OH is 1. The number of aromatic nitrogens is 1. The minimum Gasteiger partial charge on any atom is -0.395 e. The maximum absolute atomic E-state index is 8.62. The topological polar surface area (TPSA) is 37.2 Å². The molecule has 1 heterocycles. The van der Waals surface area contributed by atoms with E-state index < -0.39 is 0 Å². The molecule has 0 radical (unpaired) electrons. The highest BCUT2D eigenvalue weighted by atomic mass is 16.3. The van der Waals surface area contributed by atoms with E-state index in [1.807, 2.05) is 30.1 Å². The smallest absolute Gasteiger partial charge is 0.0610 e. The van der Waals surface area contributed by atoms with Gasteiger partial charge in [-0.1, -0.05) is 0 Å². The second-order valence-corrected chi connectivity index (χ2v) is 2.51. The third kappa shape index (κ3) is 2.37. The van der Waals surface area contributed by atoms with Gasteiger partial charge in [-0.05, 0) is 18.7 Å². The summed E-state index contributed by atoms with van der Waals surface area (Å²) >= 11 is 0. The standard InChI is InChI=1S/C8H14N2O/c1-9-6-8-2-3-10(7-8)4-5-11/h2-3,7,9,11H,4-6H2,1H3. The summed E-state index contributed by atoms with van der Waals surface area (Å²) in [6.07, 6.45) is 4.01. The van der Waals surface area contributed by atoms with Gasteiger partial charge in [-0.15, -0.1) is 0 Å². The molecule has 3 heteroatoms. The number of aliphatic hydroxyl groups is 1. The van der Waals surface area contributed by atoms with Crippen LogP contribution < -0.4 is 5.32 Å². The molecule has 1 rings (SSSR count). The van der Waals surface area contributed by atoms with Crippen LogP contribution in [0, 0.1) is 0 Å². The lowest BCUT2D eigenvalue weighted by molar-refractivity contribution is 0.276. The molecular weight excluding hydrogens is 140 g/mol. The molecule has 0 aliphatic carbocycles. The summed E-state index contributed by atoms with van der Waals surface area (Å²) in [5.41, 5.74) is 1.25. The average molecular weight is 154 g/mol. The summed E-state index contributed by atoms with van der Waals surface area (Å²) in [7, 11) is 1.92. The Kier molecular flexibility index (Phi) is 3.14. The van der Waals surface area contributed by atoms with Gasteiger partial charge in [0, 0.05) is 25.5 Å². The minimum atomic E-state index is 0.202. The largest absolute Gasteiger partial charge is 0.395 e. The first-order valence-electron chi connectivity index (χ1n) is 3.77. The van der Waals surface area contributed by atoms with Crippen molar-refractivity contribution in [3.63, 3.8) is 0 Å². The van der Waals surface area contributed by atoms with E-state index >= 15 is 0 Å². The quantitative estimate of drug-likeness (QED) is 0.650. The lowest BCUT2D eigenvalue weighted by Crippen LogP contribution is -2.04. The fourth-order valence-corrected chi connectivity index (χ4v) is 1.05. The van der Waals surface area contributed by atoms with E-state index in [1.165, 1.54) is 5.56 Å². The van der Waals surface area contributed by atoms with Crippen molar-refractivity contribution in [1.82, 2.24) is 9.88 Å². The van der Waals surface area contributed by atoms with Crippen LogP contribution >= 0.6 is 0 Å². The van der Waals surface area contributed by atoms with E-state index in [1.54, 1.807) is 0 Å². The van der Waals surface area contributed by atoms with Crippen LogP contribution in [0.3, 0.4) is 0 Å². The molecule has 2 N–H and O–H groups in total. The Morgan fingerprint density at radius 1 is 1.64 bits per heavy atom. The predicted octanol–water partition coefficient (Wildman–Crippen LogP) is 0.200. The summed E-state index contributed by atoms with van der Waals surface area (Å²) in [5.74, 6) is 0. The van der Waals surface area contributed by atoms with Crippen molar-refractivity contribution in [1.29, 1.82) is 0 Å². The number of hydrogen-bond donors (Lipinski definition) is 2. The van der Waals surface area contributed by atoms with Crippen molar-refractivity contribution >= 4 is 0 Å². The van der Waals surface area contributed by atoms with Gasteiger partial charge in [0.15, 0.2) is 0 Å². The second-order valence-electron chi connectivity index (χ2n) is 2.51. The van der Waals surface area contributed by atoms with Gasteiger partial charge in [0.25, 0.3) is 0 Å². The normalized spacial score (nSPS) is 10.4. The first-order chi connectivity index (χ1) is 5.36. The maximum Gasteiger partial charge on any atom is 0.0610 e. The van der Waals surface area contributed by atoms with Crippen LogP contribution in [0.2, 0.25) is 0 Å². The zero-order valence-corrected chi connectivity index (χ0v) is 6.75. The molecule has 0 saturated heterocycles. The van der Waals surface area contributed by atoms with Gasteiger partial charge < -0.3 is 15.0 Å². The van der Waals surface area contributed by atoms with Crippen LogP contribution in [0.15, 0.2) is 18.5 Å². The van der Waals surface area contributed by atoms with Crippen LogP contribution in [0.4, 0.5) is 0 Å². The Hall–Kier alpha value is -0.800. The Morgan fingerprint density at radius 2 is 2.45 bits per heavy atom. The van der Waals surface area contributed by atoms with Crippen LogP contribution in [-0.4, -0.2) is 23.3 Å². The Balaban J connectivity index is 2.51. The van der Waals surface area contributed by atoms with E-state index in [2.05, 4.69) is 5.32 Å². The van der Waals surface area contributed by atoms with E-state index in [0.717, 1.165) is 6.54 Å². The molecule has 11 heavy (non-hydrogen) atoms. The molecule has 3 nitrogen and oxygen atoms in total. The van der Waals surface area contributed by atoms with Gasteiger partial charge in [-0.25, -0.2) is 0 Å². The van der Waals surface area contributed by atoms with Crippen molar-refractivity contribution in [2.75, 3.05) is 13.7 Å². The molecule has 1 aromatic heterocycles. The second kappa shape index (κ2) is 4.16. The molecule has 0 aliphatic heterocycles. The molecule has 62 valence electrons. The SMILES string of the molecule is CNCc1ccn(CCO)c1. The third-order valence-corrected chi connectivity index (χ3v) is 1.55. The van der Waals surface area contributed by atoms with E-state index in [4.69, 9.17) is 5.11 Å². The summed E-state index contributed by atoms with van der Waals surface area (Å²) in [6, 6.07) is 2.05. The van der Waals surface area contributed by atoms with Gasteiger partial charge in [0.2, 0.25) is 0 Å². The van der Waals surface area contributed by atoms with E-state index in [0.29, 0.717) is 6.54 Å². The van der Waals surface area contributed by atoms with E-state index in [9.17, 15) is 0 Å². The molecule has 0 saturated carbocycles. The lowest BCUT2D eigenvalue weighted by atomic mass is 10.3. The molecule has 0 bridgehead atoms. The molecule has 0 unspecified atom stereocenters. The lowest BCUT2D eigenvalue weighted by Gasteiger charge is -1.97. The summed E-state index contributed by atoms with van der Waals surface area (Å²) in [5, 5.41) is 11.7. The Morgan fingerprint density at radius 3 is 3.09 bits per heavy atom. The highest BCUT2D eigenvalue weighted by Gasteiger charge is 1.93. The van der Waals surface area contributed by atoms with Crippen molar-refractivity contribution in [2.45, 2.75) is 13.1 Å². The molecule has 0 atom stereocenters. The van der Waals surface area contributed by atoms with Gasteiger partial charge >= 0.3 is 0 Å². The molecule has 0 aliphatic rings.